The number of rotatable bonds is 5. The minimum absolute atomic E-state index is 0.0824. The molecule has 0 heterocycles. The van der Waals surface area contributed by atoms with Crippen molar-refractivity contribution in [1.29, 1.82) is 0 Å². The molecule has 0 aromatic heterocycles. The Morgan fingerprint density at radius 3 is 2.07 bits per heavy atom. The van der Waals surface area contributed by atoms with Gasteiger partial charge < -0.3 is 10.4 Å². The van der Waals surface area contributed by atoms with Crippen LogP contribution in [0.5, 0.6) is 0 Å². The van der Waals surface area contributed by atoms with Gasteiger partial charge in [-0.2, -0.15) is 0 Å². The number of benzene rings is 4. The molecule has 0 aliphatic rings. The van der Waals surface area contributed by atoms with Crippen LogP contribution in [0.15, 0.2) is 78.9 Å². The summed E-state index contributed by atoms with van der Waals surface area (Å²) >= 11 is 0. The molecule has 4 aromatic rings. The van der Waals surface area contributed by atoms with E-state index >= 15 is 0 Å². The number of hydrogen-bond donors (Lipinski definition) is 2. The zero-order valence-electron chi connectivity index (χ0n) is 15.4. The van der Waals surface area contributed by atoms with E-state index in [0.717, 1.165) is 33.2 Å². The number of carbonyl (C=O) groups is 2. The maximum absolute atomic E-state index is 13.4. The number of nitrogens with one attached hydrogen (secondary N) is 1. The molecule has 0 unspecified atom stereocenters. The lowest BCUT2D eigenvalue weighted by Crippen LogP contribution is -2.42. The number of fused-ring (bicyclic) bond motifs is 2. The van der Waals surface area contributed by atoms with Crippen LogP contribution >= 0.6 is 0 Å². The van der Waals surface area contributed by atoms with E-state index in [4.69, 9.17) is 0 Å². The molecule has 0 saturated carbocycles. The summed E-state index contributed by atoms with van der Waals surface area (Å²) in [4.78, 5) is 24.4. The summed E-state index contributed by atoms with van der Waals surface area (Å²) in [6.07, 6.45) is 0.109. The summed E-state index contributed by atoms with van der Waals surface area (Å²) < 4.78 is 13.4. The number of aliphatic carboxylic acids is 1. The molecule has 4 aromatic carbocycles. The normalized spacial score (nSPS) is 12.0. The smallest absolute Gasteiger partial charge is 0.326 e. The Kier molecular flexibility index (Phi) is 4.96. The Hall–Kier alpha value is -3.73. The molecule has 144 valence electrons. The van der Waals surface area contributed by atoms with Crippen LogP contribution in [0.25, 0.3) is 21.5 Å². The molecule has 4 nitrogen and oxygen atoms in total. The van der Waals surface area contributed by atoms with Crippen LogP contribution in [0.1, 0.15) is 15.9 Å². The molecule has 0 bridgehead atoms. The van der Waals surface area contributed by atoms with Crippen molar-refractivity contribution in [3.05, 3.63) is 95.8 Å². The summed E-state index contributed by atoms with van der Waals surface area (Å²) in [5.74, 6) is -2.32. The number of carbonyl (C=O) groups excluding carboxylic acids is 1. The van der Waals surface area contributed by atoms with Gasteiger partial charge in [-0.3, -0.25) is 4.79 Å². The first kappa shape index (κ1) is 18.6. The van der Waals surface area contributed by atoms with Gasteiger partial charge in [-0.25, -0.2) is 9.18 Å². The van der Waals surface area contributed by atoms with Crippen LogP contribution in [-0.2, 0) is 11.2 Å². The van der Waals surface area contributed by atoms with Crippen molar-refractivity contribution >= 4 is 33.4 Å². The molecule has 1 atom stereocenters. The number of carboxylic acids is 1. The minimum atomic E-state index is -1.15. The van der Waals surface area contributed by atoms with Crippen LogP contribution in [0.2, 0.25) is 0 Å². The van der Waals surface area contributed by atoms with Crippen LogP contribution in [-0.4, -0.2) is 23.0 Å². The highest BCUT2D eigenvalue weighted by atomic mass is 19.1. The van der Waals surface area contributed by atoms with Crippen molar-refractivity contribution in [3.63, 3.8) is 0 Å². The van der Waals surface area contributed by atoms with E-state index in [2.05, 4.69) is 11.4 Å². The third-order valence-corrected chi connectivity index (χ3v) is 4.98. The van der Waals surface area contributed by atoms with Crippen LogP contribution in [0, 0.1) is 5.82 Å². The van der Waals surface area contributed by atoms with E-state index in [-0.39, 0.29) is 12.0 Å². The molecule has 0 aliphatic carbocycles. The maximum Gasteiger partial charge on any atom is 0.326 e. The summed E-state index contributed by atoms with van der Waals surface area (Å²) in [5, 5.41) is 16.2. The topological polar surface area (TPSA) is 66.4 Å². The van der Waals surface area contributed by atoms with Gasteiger partial charge >= 0.3 is 5.97 Å². The van der Waals surface area contributed by atoms with Gasteiger partial charge in [0.25, 0.3) is 5.91 Å². The van der Waals surface area contributed by atoms with E-state index in [1.165, 1.54) is 18.2 Å². The molecular formula is C24H18FNO3. The van der Waals surface area contributed by atoms with Gasteiger partial charge in [-0.1, -0.05) is 54.6 Å². The van der Waals surface area contributed by atoms with Gasteiger partial charge in [0.05, 0.1) is 0 Å². The zero-order chi connectivity index (χ0) is 20.4. The molecular weight excluding hydrogens is 369 g/mol. The van der Waals surface area contributed by atoms with Gasteiger partial charge in [-0.05, 0) is 51.4 Å². The maximum atomic E-state index is 13.4. The van der Waals surface area contributed by atoms with Crippen molar-refractivity contribution in [3.8, 4) is 0 Å². The second kappa shape index (κ2) is 7.72. The third-order valence-electron chi connectivity index (χ3n) is 4.98. The fourth-order valence-corrected chi connectivity index (χ4v) is 3.60. The lowest BCUT2D eigenvalue weighted by molar-refractivity contribution is -0.139. The van der Waals surface area contributed by atoms with E-state index in [1.54, 1.807) is 0 Å². The Balaban J connectivity index is 1.74. The van der Waals surface area contributed by atoms with Crippen molar-refractivity contribution in [1.82, 2.24) is 5.32 Å². The van der Waals surface area contributed by atoms with Gasteiger partial charge in [0.15, 0.2) is 0 Å². The highest BCUT2D eigenvalue weighted by molar-refractivity contribution is 6.03. The molecule has 0 spiro atoms. The Morgan fingerprint density at radius 1 is 0.862 bits per heavy atom. The first-order valence-electron chi connectivity index (χ1n) is 9.21. The second-order valence-corrected chi connectivity index (χ2v) is 6.88. The van der Waals surface area contributed by atoms with E-state index in [0.29, 0.717) is 0 Å². The average molecular weight is 387 g/mol. The van der Waals surface area contributed by atoms with Crippen molar-refractivity contribution < 1.29 is 19.1 Å². The van der Waals surface area contributed by atoms with Gasteiger partial charge in [0, 0.05) is 12.0 Å². The van der Waals surface area contributed by atoms with Gasteiger partial charge in [0.1, 0.15) is 11.9 Å². The molecule has 0 fully saturated rings. The molecule has 1 amide bonds. The van der Waals surface area contributed by atoms with E-state index in [1.807, 2.05) is 48.5 Å². The minimum Gasteiger partial charge on any atom is -0.480 e. The second-order valence-electron chi connectivity index (χ2n) is 6.88. The molecule has 0 saturated heterocycles. The van der Waals surface area contributed by atoms with Crippen LogP contribution in [0.3, 0.4) is 0 Å². The van der Waals surface area contributed by atoms with Gasteiger partial charge in [-0.15, -0.1) is 0 Å². The SMILES string of the molecule is O=C(N[C@@H](Cc1c2ccccc2cc2ccccc12)C(=O)O)c1cccc(F)c1. The average Bonchev–Trinajstić information content (AvgIpc) is 2.72. The van der Waals surface area contributed by atoms with Crippen LogP contribution in [0.4, 0.5) is 4.39 Å². The van der Waals surface area contributed by atoms with Crippen LogP contribution < -0.4 is 5.32 Å². The summed E-state index contributed by atoms with van der Waals surface area (Å²) in [6.45, 7) is 0. The lowest BCUT2D eigenvalue weighted by atomic mass is 9.92. The Bertz CT molecular complexity index is 1180. The summed E-state index contributed by atoms with van der Waals surface area (Å²) in [5.41, 5.74) is 0.935. The standard InChI is InChI=1S/C24H18FNO3/c25-18-9-5-8-17(13-18)23(27)26-22(24(28)29)14-21-19-10-3-1-6-15(19)12-16-7-2-4-11-20(16)21/h1-13,22H,14H2,(H,26,27)(H,28,29)/t22-/m0/s1. The molecule has 2 N–H and O–H groups in total. The molecule has 0 aliphatic heterocycles. The van der Waals surface area contributed by atoms with E-state index in [9.17, 15) is 19.1 Å². The first-order chi connectivity index (χ1) is 14.0. The Morgan fingerprint density at radius 2 is 1.48 bits per heavy atom. The zero-order valence-corrected chi connectivity index (χ0v) is 15.4. The number of hydrogen-bond acceptors (Lipinski definition) is 2. The predicted molar refractivity (Wildman–Crippen MR) is 110 cm³/mol. The van der Waals surface area contributed by atoms with Crippen molar-refractivity contribution in [2.24, 2.45) is 0 Å². The number of carboxylic acid groups (broad SMARTS) is 1. The molecule has 4 rings (SSSR count). The van der Waals surface area contributed by atoms with Gasteiger partial charge in [0.2, 0.25) is 0 Å². The molecule has 29 heavy (non-hydrogen) atoms. The van der Waals surface area contributed by atoms with E-state index < -0.39 is 23.7 Å². The third kappa shape index (κ3) is 3.80. The highest BCUT2D eigenvalue weighted by Gasteiger charge is 2.23. The highest BCUT2D eigenvalue weighted by Crippen LogP contribution is 2.29. The fourth-order valence-electron chi connectivity index (χ4n) is 3.60. The largest absolute Gasteiger partial charge is 0.480 e. The quantitative estimate of drug-likeness (QED) is 0.494. The summed E-state index contributed by atoms with van der Waals surface area (Å²) in [6, 6.07) is 21.6. The Labute approximate surface area is 166 Å². The molecule has 5 heteroatoms. The number of halogens is 1. The molecule has 0 radical (unpaired) electrons. The van der Waals surface area contributed by atoms with Crippen molar-refractivity contribution in [2.45, 2.75) is 12.5 Å². The monoisotopic (exact) mass is 387 g/mol. The number of amides is 1. The summed E-state index contributed by atoms with van der Waals surface area (Å²) in [7, 11) is 0. The van der Waals surface area contributed by atoms with Crippen molar-refractivity contribution in [2.75, 3.05) is 0 Å². The lowest BCUT2D eigenvalue weighted by Gasteiger charge is -2.18. The predicted octanol–water partition coefficient (Wildman–Crippen LogP) is 4.56. The first-order valence-corrected chi connectivity index (χ1v) is 9.21. The fraction of sp³-hybridized carbons (Fsp3) is 0.0833.